The van der Waals surface area contributed by atoms with Gasteiger partial charge in [-0.1, -0.05) is 18.2 Å². The van der Waals surface area contributed by atoms with Crippen molar-refractivity contribution in [2.45, 2.75) is 25.7 Å². The van der Waals surface area contributed by atoms with Crippen LogP contribution >= 0.6 is 12.4 Å². The number of likely N-dealkylation sites (tertiary alicyclic amines) is 2. The van der Waals surface area contributed by atoms with E-state index >= 15 is 0 Å². The second-order valence-electron chi connectivity index (χ2n) is 7.61. The third-order valence-electron chi connectivity index (χ3n) is 5.65. The van der Waals surface area contributed by atoms with Gasteiger partial charge in [-0.25, -0.2) is 0 Å². The molecule has 2 amide bonds. The first-order valence-corrected chi connectivity index (χ1v) is 10.1. The lowest BCUT2D eigenvalue weighted by Crippen LogP contribution is -2.49. The van der Waals surface area contributed by atoms with Crippen molar-refractivity contribution in [2.24, 2.45) is 11.8 Å². The fourth-order valence-electron chi connectivity index (χ4n) is 4.06. The van der Waals surface area contributed by atoms with Crippen LogP contribution in [-0.4, -0.2) is 68.0 Å². The topological polar surface area (TPSA) is 61.9 Å². The van der Waals surface area contributed by atoms with Crippen LogP contribution in [0.1, 0.15) is 25.7 Å². The summed E-state index contributed by atoms with van der Waals surface area (Å²) < 4.78 is 5.58. The molecule has 2 aliphatic heterocycles. The average Bonchev–Trinajstić information content (AvgIpc) is 2.73. The van der Waals surface area contributed by atoms with Crippen LogP contribution in [0, 0.1) is 11.8 Å². The summed E-state index contributed by atoms with van der Waals surface area (Å²) in [5.74, 6) is 1.47. The quantitative estimate of drug-likeness (QED) is 0.782. The number of carbonyl (C=O) groups excluding carboxylic acids is 2. The number of hydrogen-bond acceptors (Lipinski definition) is 4. The molecular weight excluding hydrogens is 378 g/mol. The maximum absolute atomic E-state index is 12.9. The highest BCUT2D eigenvalue weighted by atomic mass is 35.5. The number of para-hydroxylation sites is 1. The maximum Gasteiger partial charge on any atom is 0.260 e. The van der Waals surface area contributed by atoms with Crippen LogP contribution in [-0.2, 0) is 9.59 Å². The summed E-state index contributed by atoms with van der Waals surface area (Å²) in [6.07, 6.45) is 3.88. The van der Waals surface area contributed by atoms with E-state index in [9.17, 15) is 9.59 Å². The zero-order valence-electron chi connectivity index (χ0n) is 16.6. The first-order chi connectivity index (χ1) is 13.2. The Morgan fingerprint density at radius 3 is 2.46 bits per heavy atom. The molecule has 1 N–H and O–H groups in total. The van der Waals surface area contributed by atoms with Gasteiger partial charge in [0.2, 0.25) is 5.91 Å². The number of nitrogens with one attached hydrogen (secondary N) is 1. The molecule has 3 rings (SSSR count). The highest BCUT2D eigenvalue weighted by molar-refractivity contribution is 5.85. The highest BCUT2D eigenvalue weighted by Gasteiger charge is 2.32. The number of nitrogens with zero attached hydrogens (tertiary/aromatic N) is 2. The lowest BCUT2D eigenvalue weighted by molar-refractivity contribution is -0.142. The molecule has 0 saturated carbocycles. The molecule has 1 aromatic rings. The smallest absolute Gasteiger partial charge is 0.260 e. The number of rotatable bonds is 6. The Kier molecular flexibility index (Phi) is 9.06. The van der Waals surface area contributed by atoms with Gasteiger partial charge in [-0.3, -0.25) is 9.59 Å². The molecule has 1 atom stereocenters. The monoisotopic (exact) mass is 409 g/mol. The van der Waals surface area contributed by atoms with E-state index in [2.05, 4.69) is 5.32 Å². The molecule has 0 aliphatic carbocycles. The minimum atomic E-state index is -0.0692. The molecule has 6 nitrogen and oxygen atoms in total. The second kappa shape index (κ2) is 11.3. The number of ether oxygens (including phenoxy) is 1. The molecule has 7 heteroatoms. The van der Waals surface area contributed by atoms with Gasteiger partial charge >= 0.3 is 0 Å². The summed E-state index contributed by atoms with van der Waals surface area (Å²) in [4.78, 5) is 29.2. The molecule has 28 heavy (non-hydrogen) atoms. The molecule has 156 valence electrons. The zero-order chi connectivity index (χ0) is 19.1. The zero-order valence-corrected chi connectivity index (χ0v) is 17.5. The summed E-state index contributed by atoms with van der Waals surface area (Å²) in [5.41, 5.74) is 0. The first-order valence-electron chi connectivity index (χ1n) is 10.1. The lowest BCUT2D eigenvalue weighted by atomic mass is 9.92. The molecule has 0 bridgehead atoms. The number of piperidine rings is 2. The van der Waals surface area contributed by atoms with Gasteiger partial charge in [0.1, 0.15) is 5.75 Å². The van der Waals surface area contributed by atoms with Crippen molar-refractivity contribution >= 4 is 24.2 Å². The number of benzene rings is 1. The molecule has 2 heterocycles. The van der Waals surface area contributed by atoms with Gasteiger partial charge in [-0.15, -0.1) is 12.4 Å². The Hall–Kier alpha value is -1.79. The van der Waals surface area contributed by atoms with E-state index in [-0.39, 0.29) is 36.7 Å². The van der Waals surface area contributed by atoms with E-state index < -0.39 is 0 Å². The van der Waals surface area contributed by atoms with E-state index in [1.54, 1.807) is 4.90 Å². The summed E-state index contributed by atoms with van der Waals surface area (Å²) >= 11 is 0. The fraction of sp³-hybridized carbons (Fsp3) is 0.619. The van der Waals surface area contributed by atoms with Crippen molar-refractivity contribution < 1.29 is 14.3 Å². The van der Waals surface area contributed by atoms with Crippen LogP contribution in [0.2, 0.25) is 0 Å². The Labute approximate surface area is 174 Å². The number of carbonyl (C=O) groups is 2. The van der Waals surface area contributed by atoms with Crippen LogP contribution in [0.3, 0.4) is 0 Å². The van der Waals surface area contributed by atoms with E-state index in [0.29, 0.717) is 24.8 Å². The number of halogens is 1. The van der Waals surface area contributed by atoms with Gasteiger partial charge in [0.05, 0.1) is 5.92 Å². The standard InChI is InChI=1S/C21H31N3O3.ClH/c1-22-14-17-9-12-23(13-10-17)21(26)18-6-5-11-24(15-18)20(25)16-27-19-7-3-2-4-8-19;/h2-4,7-8,17-18,22H,5-6,9-16H2,1H3;1H. The Morgan fingerprint density at radius 2 is 1.79 bits per heavy atom. The molecule has 0 radical (unpaired) electrons. The predicted molar refractivity (Wildman–Crippen MR) is 112 cm³/mol. The summed E-state index contributed by atoms with van der Waals surface area (Å²) in [6.45, 7) is 3.96. The largest absolute Gasteiger partial charge is 0.484 e. The van der Waals surface area contributed by atoms with Gasteiger partial charge in [-0.2, -0.15) is 0 Å². The van der Waals surface area contributed by atoms with Crippen molar-refractivity contribution in [3.05, 3.63) is 30.3 Å². The Morgan fingerprint density at radius 1 is 1.07 bits per heavy atom. The fourth-order valence-corrected chi connectivity index (χ4v) is 4.06. The summed E-state index contributed by atoms with van der Waals surface area (Å²) in [5, 5.41) is 3.23. The molecule has 2 saturated heterocycles. The molecule has 0 aromatic heterocycles. The van der Waals surface area contributed by atoms with E-state index in [1.807, 2.05) is 42.3 Å². The van der Waals surface area contributed by atoms with Crippen molar-refractivity contribution in [3.63, 3.8) is 0 Å². The predicted octanol–water partition coefficient (Wildman–Crippen LogP) is 2.18. The Balaban J connectivity index is 0.00000280. The number of hydrogen-bond donors (Lipinski definition) is 1. The van der Waals surface area contributed by atoms with Crippen LogP contribution in [0.5, 0.6) is 5.75 Å². The normalized spacial score (nSPS) is 20.4. The van der Waals surface area contributed by atoms with E-state index in [1.165, 1.54) is 0 Å². The molecule has 2 aliphatic rings. The summed E-state index contributed by atoms with van der Waals surface area (Å²) in [7, 11) is 1.98. The maximum atomic E-state index is 12.9. The van der Waals surface area contributed by atoms with Gasteiger partial charge in [-0.05, 0) is 57.3 Å². The Bertz CT molecular complexity index is 621. The van der Waals surface area contributed by atoms with Crippen molar-refractivity contribution in [2.75, 3.05) is 46.4 Å². The molecule has 2 fully saturated rings. The SMILES string of the molecule is CNCC1CCN(C(=O)C2CCCN(C(=O)COc3ccccc3)C2)CC1.Cl. The molecule has 1 aromatic carbocycles. The average molecular weight is 410 g/mol. The minimum Gasteiger partial charge on any atom is -0.484 e. The first kappa shape index (κ1) is 22.5. The van der Waals surface area contributed by atoms with Gasteiger partial charge in [0.15, 0.2) is 6.61 Å². The lowest BCUT2D eigenvalue weighted by Gasteiger charge is -2.37. The molecular formula is C21H32ClN3O3. The van der Waals surface area contributed by atoms with Gasteiger partial charge in [0.25, 0.3) is 5.91 Å². The van der Waals surface area contributed by atoms with Crippen molar-refractivity contribution in [1.29, 1.82) is 0 Å². The van der Waals surface area contributed by atoms with Crippen LogP contribution in [0.4, 0.5) is 0 Å². The van der Waals surface area contributed by atoms with Crippen molar-refractivity contribution in [1.82, 2.24) is 15.1 Å². The molecule has 0 spiro atoms. The minimum absolute atomic E-state index is 0. The van der Waals surface area contributed by atoms with E-state index in [4.69, 9.17) is 4.74 Å². The van der Waals surface area contributed by atoms with Crippen LogP contribution in [0.25, 0.3) is 0 Å². The van der Waals surface area contributed by atoms with Crippen LogP contribution < -0.4 is 10.1 Å². The molecule has 1 unspecified atom stereocenters. The summed E-state index contributed by atoms with van der Waals surface area (Å²) in [6, 6.07) is 9.36. The third kappa shape index (κ3) is 6.11. The van der Waals surface area contributed by atoms with Gasteiger partial charge < -0.3 is 19.9 Å². The van der Waals surface area contributed by atoms with Gasteiger partial charge in [0, 0.05) is 26.2 Å². The highest BCUT2D eigenvalue weighted by Crippen LogP contribution is 2.23. The second-order valence-corrected chi connectivity index (χ2v) is 7.61. The van der Waals surface area contributed by atoms with Crippen LogP contribution in [0.15, 0.2) is 30.3 Å². The third-order valence-corrected chi connectivity index (χ3v) is 5.65. The van der Waals surface area contributed by atoms with Crippen molar-refractivity contribution in [3.8, 4) is 5.75 Å². The number of amides is 2. The van der Waals surface area contributed by atoms with E-state index in [0.717, 1.165) is 45.3 Å².